The highest BCUT2D eigenvalue weighted by atomic mass is 35.5. The lowest BCUT2D eigenvalue weighted by Crippen LogP contribution is -2.44. The molecule has 0 radical (unpaired) electrons. The van der Waals surface area contributed by atoms with E-state index >= 15 is 0 Å². The van der Waals surface area contributed by atoms with Crippen molar-refractivity contribution in [2.45, 2.75) is 45.2 Å². The van der Waals surface area contributed by atoms with Crippen molar-refractivity contribution in [1.82, 2.24) is 14.5 Å². The van der Waals surface area contributed by atoms with Crippen LogP contribution in [0.1, 0.15) is 37.8 Å². The third-order valence-corrected chi connectivity index (χ3v) is 5.74. The van der Waals surface area contributed by atoms with E-state index in [2.05, 4.69) is 5.32 Å². The Hall–Kier alpha value is -2.86. The number of nitrogens with one attached hydrogen (secondary N) is 1. The minimum atomic E-state index is -0.708. The van der Waals surface area contributed by atoms with Gasteiger partial charge in [-0.2, -0.15) is 0 Å². The molecule has 2 aromatic carbocycles. The molecule has 1 fully saturated rings. The summed E-state index contributed by atoms with van der Waals surface area (Å²) in [6, 6.07) is 11.4. The quantitative estimate of drug-likeness (QED) is 0.699. The number of hydrogen-bond acceptors (Lipinski definition) is 3. The summed E-state index contributed by atoms with van der Waals surface area (Å²) in [7, 11) is 0. The maximum atomic E-state index is 13.5. The smallest absolute Gasteiger partial charge is 0.336 e. The number of aryl methyl sites for hydroxylation is 1. The van der Waals surface area contributed by atoms with Gasteiger partial charge in [0.15, 0.2) is 0 Å². The first-order valence-electron chi connectivity index (χ1n) is 9.75. The van der Waals surface area contributed by atoms with Crippen LogP contribution in [0.3, 0.4) is 0 Å². The molecule has 150 valence electrons. The second-order valence-corrected chi connectivity index (χ2v) is 7.86. The zero-order valence-corrected chi connectivity index (χ0v) is 17.1. The number of nitrogens with zero attached hydrogens (tertiary/aromatic N) is 2. The van der Waals surface area contributed by atoms with Crippen LogP contribution in [0, 0.1) is 6.92 Å². The Kier molecular flexibility index (Phi) is 5.04. The molecular formula is C22H22ClN3O3. The second-order valence-electron chi connectivity index (χ2n) is 7.45. The molecule has 3 aromatic rings. The highest BCUT2D eigenvalue weighted by Crippen LogP contribution is 2.23. The van der Waals surface area contributed by atoms with Gasteiger partial charge in [0.05, 0.1) is 16.6 Å². The molecule has 1 aliphatic rings. The zero-order valence-electron chi connectivity index (χ0n) is 16.3. The van der Waals surface area contributed by atoms with E-state index < -0.39 is 17.3 Å². The van der Waals surface area contributed by atoms with Gasteiger partial charge in [-0.05, 0) is 56.0 Å². The van der Waals surface area contributed by atoms with Crippen molar-refractivity contribution in [3.05, 3.63) is 73.9 Å². The van der Waals surface area contributed by atoms with Gasteiger partial charge in [0.25, 0.3) is 5.56 Å². The predicted octanol–water partition coefficient (Wildman–Crippen LogP) is 3.34. The Bertz CT molecular complexity index is 1220. The summed E-state index contributed by atoms with van der Waals surface area (Å²) in [6.07, 6.45) is 2.34. The van der Waals surface area contributed by atoms with Crippen molar-refractivity contribution in [2.24, 2.45) is 0 Å². The lowest BCUT2D eigenvalue weighted by Gasteiger charge is -2.21. The Balaban J connectivity index is 2.00. The average Bonchev–Trinajstić information content (AvgIpc) is 3.51. The summed E-state index contributed by atoms with van der Waals surface area (Å²) in [5.74, 6) is -0.200. The normalized spacial score (nSPS) is 14.7. The molecule has 4 rings (SSSR count). The number of benzene rings is 2. The summed E-state index contributed by atoms with van der Waals surface area (Å²) in [5.41, 5.74) is 0.702. The number of halogens is 1. The Morgan fingerprint density at radius 3 is 2.59 bits per heavy atom. The molecule has 1 aliphatic carbocycles. The van der Waals surface area contributed by atoms with Crippen LogP contribution < -0.4 is 16.6 Å². The third kappa shape index (κ3) is 3.49. The maximum Gasteiger partial charge on any atom is 0.336 e. The number of carbonyl (C=O) groups excluding carboxylic acids is 1. The predicted molar refractivity (Wildman–Crippen MR) is 114 cm³/mol. The molecule has 29 heavy (non-hydrogen) atoms. The van der Waals surface area contributed by atoms with Gasteiger partial charge >= 0.3 is 5.69 Å². The fourth-order valence-corrected chi connectivity index (χ4v) is 3.72. The van der Waals surface area contributed by atoms with Gasteiger partial charge in [0.2, 0.25) is 5.91 Å². The summed E-state index contributed by atoms with van der Waals surface area (Å²) in [4.78, 5) is 39.6. The molecular weight excluding hydrogens is 390 g/mol. The van der Waals surface area contributed by atoms with Gasteiger partial charge in [0.1, 0.15) is 6.04 Å². The molecule has 1 N–H and O–H groups in total. The molecule has 1 heterocycles. The SMILES string of the molecule is CC[C@@H](C(=O)NC1CC1)n1c(=O)n(-c2ccc(C)c(Cl)c2)c(=O)c2ccccc21. The summed E-state index contributed by atoms with van der Waals surface area (Å²) >= 11 is 6.24. The first kappa shape index (κ1) is 19.5. The highest BCUT2D eigenvalue weighted by molar-refractivity contribution is 6.31. The van der Waals surface area contributed by atoms with Crippen molar-refractivity contribution >= 4 is 28.4 Å². The maximum absolute atomic E-state index is 13.5. The van der Waals surface area contributed by atoms with Gasteiger partial charge in [0, 0.05) is 11.1 Å². The molecule has 0 saturated heterocycles. The molecule has 6 nitrogen and oxygen atoms in total. The van der Waals surface area contributed by atoms with E-state index in [1.54, 1.807) is 42.5 Å². The van der Waals surface area contributed by atoms with E-state index in [1.165, 1.54) is 4.57 Å². The first-order chi connectivity index (χ1) is 13.9. The average molecular weight is 412 g/mol. The highest BCUT2D eigenvalue weighted by Gasteiger charge is 2.30. The van der Waals surface area contributed by atoms with E-state index in [4.69, 9.17) is 11.6 Å². The molecule has 1 saturated carbocycles. The summed E-state index contributed by atoms with van der Waals surface area (Å²) in [5, 5.41) is 3.82. The summed E-state index contributed by atoms with van der Waals surface area (Å²) in [6.45, 7) is 3.71. The number of amides is 1. The topological polar surface area (TPSA) is 73.1 Å². The van der Waals surface area contributed by atoms with Crippen molar-refractivity contribution in [3.63, 3.8) is 0 Å². The van der Waals surface area contributed by atoms with Gasteiger partial charge in [-0.1, -0.05) is 36.7 Å². The van der Waals surface area contributed by atoms with Crippen LogP contribution in [-0.4, -0.2) is 21.1 Å². The van der Waals surface area contributed by atoms with E-state index in [-0.39, 0.29) is 11.9 Å². The molecule has 0 spiro atoms. The number of rotatable bonds is 5. The lowest BCUT2D eigenvalue weighted by atomic mass is 10.1. The number of fused-ring (bicyclic) bond motifs is 1. The fraction of sp³-hybridized carbons (Fsp3) is 0.318. The molecule has 0 bridgehead atoms. The Morgan fingerprint density at radius 2 is 1.93 bits per heavy atom. The zero-order chi connectivity index (χ0) is 20.7. The fourth-order valence-electron chi connectivity index (χ4n) is 3.54. The molecule has 1 amide bonds. The Labute approximate surface area is 172 Å². The van der Waals surface area contributed by atoms with Crippen molar-refractivity contribution in [3.8, 4) is 5.69 Å². The van der Waals surface area contributed by atoms with E-state index in [1.807, 2.05) is 13.8 Å². The van der Waals surface area contributed by atoms with Crippen LogP contribution in [0.25, 0.3) is 16.6 Å². The molecule has 0 aliphatic heterocycles. The van der Waals surface area contributed by atoms with Crippen molar-refractivity contribution in [1.29, 1.82) is 0 Å². The van der Waals surface area contributed by atoms with Gasteiger partial charge in [-0.3, -0.25) is 14.2 Å². The van der Waals surface area contributed by atoms with Gasteiger partial charge in [-0.25, -0.2) is 9.36 Å². The van der Waals surface area contributed by atoms with Crippen LogP contribution >= 0.6 is 11.6 Å². The van der Waals surface area contributed by atoms with Crippen LogP contribution in [0.5, 0.6) is 0 Å². The number of aromatic nitrogens is 2. The Morgan fingerprint density at radius 1 is 1.21 bits per heavy atom. The number of hydrogen-bond donors (Lipinski definition) is 1. The van der Waals surface area contributed by atoms with Gasteiger partial charge in [-0.15, -0.1) is 0 Å². The molecule has 0 unspecified atom stereocenters. The molecule has 7 heteroatoms. The van der Waals surface area contributed by atoms with E-state index in [0.29, 0.717) is 28.0 Å². The van der Waals surface area contributed by atoms with Gasteiger partial charge < -0.3 is 5.32 Å². The van der Waals surface area contributed by atoms with Crippen molar-refractivity contribution < 1.29 is 4.79 Å². The largest absolute Gasteiger partial charge is 0.352 e. The van der Waals surface area contributed by atoms with Crippen LogP contribution in [0.4, 0.5) is 0 Å². The lowest BCUT2D eigenvalue weighted by molar-refractivity contribution is -0.124. The van der Waals surface area contributed by atoms with E-state index in [9.17, 15) is 14.4 Å². The summed E-state index contributed by atoms with van der Waals surface area (Å²) < 4.78 is 2.53. The van der Waals surface area contributed by atoms with Crippen LogP contribution in [-0.2, 0) is 4.79 Å². The minimum absolute atomic E-state index is 0.181. The van der Waals surface area contributed by atoms with Crippen LogP contribution in [0.15, 0.2) is 52.1 Å². The molecule has 1 aromatic heterocycles. The molecule has 1 atom stereocenters. The standard InChI is InChI=1S/C22H22ClN3O3/c1-3-18(20(27)24-14-9-10-14)26-19-7-5-4-6-16(19)21(28)25(22(26)29)15-11-8-13(2)17(23)12-15/h4-8,11-12,14,18H,3,9-10H2,1-2H3,(H,24,27)/t18-/m0/s1. The van der Waals surface area contributed by atoms with Crippen LogP contribution in [0.2, 0.25) is 5.02 Å². The minimum Gasteiger partial charge on any atom is -0.352 e. The first-order valence-corrected chi connectivity index (χ1v) is 10.1. The second kappa shape index (κ2) is 7.52. The monoisotopic (exact) mass is 411 g/mol. The number of carbonyl (C=O) groups is 1. The van der Waals surface area contributed by atoms with E-state index in [0.717, 1.165) is 23.0 Å². The van der Waals surface area contributed by atoms with Crippen molar-refractivity contribution in [2.75, 3.05) is 0 Å². The number of para-hydroxylation sites is 1. The third-order valence-electron chi connectivity index (χ3n) is 5.33.